The molecule has 0 bridgehead atoms. The minimum absolute atomic E-state index is 0.0722. The molecule has 0 aliphatic rings. The molecule has 106 valence electrons. The Hall–Kier alpha value is -2.47. The molecule has 0 spiro atoms. The minimum atomic E-state index is -0.0722. The number of rotatable bonds is 5. The van der Waals surface area contributed by atoms with E-state index >= 15 is 0 Å². The van der Waals surface area contributed by atoms with Crippen molar-refractivity contribution >= 4 is 17.2 Å². The maximum Gasteiger partial charge on any atom is 0.246 e. The van der Waals surface area contributed by atoms with Crippen LogP contribution in [0.3, 0.4) is 0 Å². The maximum absolute atomic E-state index is 11.8. The Morgan fingerprint density at radius 2 is 2.05 bits per heavy atom. The summed E-state index contributed by atoms with van der Waals surface area (Å²) in [6, 6.07) is 13.4. The van der Waals surface area contributed by atoms with Gasteiger partial charge in [0.1, 0.15) is 0 Å². The number of hydrogen-bond donors (Lipinski definition) is 1. The van der Waals surface area contributed by atoms with E-state index < -0.39 is 0 Å². The Morgan fingerprint density at radius 3 is 2.81 bits per heavy atom. The molecule has 3 rings (SSSR count). The molecule has 0 fully saturated rings. The second-order valence-corrected chi connectivity index (χ2v) is 5.38. The normalized spacial score (nSPS) is 10.5. The number of carbonyl (C=O) groups is 1. The summed E-state index contributed by atoms with van der Waals surface area (Å²) in [6.07, 6.45) is 0.340. The molecule has 21 heavy (non-hydrogen) atoms. The molecule has 3 aromatic rings. The fourth-order valence-electron chi connectivity index (χ4n) is 1.85. The van der Waals surface area contributed by atoms with E-state index in [1.807, 2.05) is 47.8 Å². The lowest BCUT2D eigenvalue weighted by atomic mass is 10.1. The van der Waals surface area contributed by atoms with Crippen LogP contribution in [-0.4, -0.2) is 16.0 Å². The average Bonchev–Trinajstić information content (AvgIpc) is 3.17. The van der Waals surface area contributed by atoms with E-state index in [0.717, 1.165) is 10.4 Å². The first-order valence-electron chi connectivity index (χ1n) is 6.48. The molecule has 0 saturated carbocycles. The number of nitrogens with one attached hydrogen (secondary N) is 1. The fraction of sp³-hybridized carbons (Fsp3) is 0.133. The van der Waals surface area contributed by atoms with E-state index in [1.165, 1.54) is 0 Å². The van der Waals surface area contributed by atoms with Gasteiger partial charge in [-0.15, -0.1) is 11.3 Å². The van der Waals surface area contributed by atoms with E-state index in [0.29, 0.717) is 18.1 Å². The maximum atomic E-state index is 11.8. The van der Waals surface area contributed by atoms with E-state index in [1.54, 1.807) is 11.3 Å². The Kier molecular flexibility index (Phi) is 4.07. The number of aromatic nitrogens is 2. The van der Waals surface area contributed by atoms with Gasteiger partial charge in [-0.3, -0.25) is 4.79 Å². The van der Waals surface area contributed by atoms with Crippen molar-refractivity contribution in [3.63, 3.8) is 0 Å². The molecule has 2 heterocycles. The first-order chi connectivity index (χ1) is 10.3. The molecule has 0 unspecified atom stereocenters. The molecule has 0 saturated heterocycles. The Labute approximate surface area is 125 Å². The molecule has 2 aromatic heterocycles. The van der Waals surface area contributed by atoms with Crippen LogP contribution in [0.4, 0.5) is 0 Å². The smallest absolute Gasteiger partial charge is 0.246 e. The monoisotopic (exact) mass is 299 g/mol. The van der Waals surface area contributed by atoms with Crippen molar-refractivity contribution in [2.75, 3.05) is 0 Å². The highest BCUT2D eigenvalue weighted by molar-refractivity contribution is 7.13. The average molecular weight is 299 g/mol. The van der Waals surface area contributed by atoms with E-state index in [-0.39, 0.29) is 12.5 Å². The van der Waals surface area contributed by atoms with Gasteiger partial charge >= 0.3 is 0 Å². The molecule has 6 heteroatoms. The van der Waals surface area contributed by atoms with Gasteiger partial charge in [0.25, 0.3) is 0 Å². The molecule has 1 amide bonds. The van der Waals surface area contributed by atoms with Gasteiger partial charge in [0.2, 0.25) is 17.6 Å². The second kappa shape index (κ2) is 6.32. The van der Waals surface area contributed by atoms with Crippen molar-refractivity contribution in [3.8, 4) is 10.7 Å². The molecule has 5 nitrogen and oxygen atoms in total. The van der Waals surface area contributed by atoms with Crippen LogP contribution in [0.1, 0.15) is 11.5 Å². The summed E-state index contributed by atoms with van der Waals surface area (Å²) in [4.78, 5) is 17.0. The summed E-state index contributed by atoms with van der Waals surface area (Å²) in [5.41, 5.74) is 0.972. The summed E-state index contributed by atoms with van der Waals surface area (Å²) < 4.78 is 5.12. The first-order valence-corrected chi connectivity index (χ1v) is 7.36. The highest BCUT2D eigenvalue weighted by atomic mass is 32.1. The van der Waals surface area contributed by atoms with E-state index in [9.17, 15) is 4.79 Å². The summed E-state index contributed by atoms with van der Waals surface area (Å²) in [6.45, 7) is 0.240. The van der Waals surface area contributed by atoms with Crippen LogP contribution in [0.2, 0.25) is 0 Å². The topological polar surface area (TPSA) is 68.0 Å². The second-order valence-electron chi connectivity index (χ2n) is 4.43. The van der Waals surface area contributed by atoms with Crippen LogP contribution in [0.25, 0.3) is 10.7 Å². The van der Waals surface area contributed by atoms with Gasteiger partial charge < -0.3 is 9.84 Å². The summed E-state index contributed by atoms with van der Waals surface area (Å²) in [5, 5.41) is 8.62. The van der Waals surface area contributed by atoms with Gasteiger partial charge in [0.05, 0.1) is 17.8 Å². The number of amides is 1. The predicted molar refractivity (Wildman–Crippen MR) is 79.6 cm³/mol. The quantitative estimate of drug-likeness (QED) is 0.786. The zero-order chi connectivity index (χ0) is 14.5. The molecular weight excluding hydrogens is 286 g/mol. The van der Waals surface area contributed by atoms with Gasteiger partial charge in [-0.2, -0.15) is 4.98 Å². The molecule has 0 aliphatic carbocycles. The molecular formula is C15H13N3O2S. The molecule has 0 radical (unpaired) electrons. The van der Waals surface area contributed by atoms with Crippen molar-refractivity contribution in [1.82, 2.24) is 15.5 Å². The standard InChI is InChI=1S/C15H13N3O2S/c19-13(9-11-5-2-1-3-6-11)16-10-14-17-15(18-20-14)12-7-4-8-21-12/h1-8H,9-10H2,(H,16,19). The van der Waals surface area contributed by atoms with Gasteiger partial charge in [-0.1, -0.05) is 41.6 Å². The lowest BCUT2D eigenvalue weighted by molar-refractivity contribution is -0.120. The molecule has 0 atom stereocenters. The summed E-state index contributed by atoms with van der Waals surface area (Å²) in [7, 11) is 0. The van der Waals surface area contributed by atoms with Crippen LogP contribution < -0.4 is 5.32 Å². The molecule has 1 aromatic carbocycles. The van der Waals surface area contributed by atoms with Crippen molar-refractivity contribution in [3.05, 3.63) is 59.3 Å². The van der Waals surface area contributed by atoms with Crippen molar-refractivity contribution in [2.24, 2.45) is 0 Å². The van der Waals surface area contributed by atoms with Crippen LogP contribution >= 0.6 is 11.3 Å². The minimum Gasteiger partial charge on any atom is -0.347 e. The van der Waals surface area contributed by atoms with Crippen LogP contribution in [0.5, 0.6) is 0 Å². The zero-order valence-electron chi connectivity index (χ0n) is 11.2. The van der Waals surface area contributed by atoms with Crippen LogP contribution in [0, 0.1) is 0 Å². The summed E-state index contributed by atoms with van der Waals surface area (Å²) >= 11 is 1.54. The number of carbonyl (C=O) groups excluding carboxylic acids is 1. The Morgan fingerprint density at radius 1 is 1.19 bits per heavy atom. The largest absolute Gasteiger partial charge is 0.347 e. The van der Waals surface area contributed by atoms with Crippen LogP contribution in [0.15, 0.2) is 52.4 Å². The van der Waals surface area contributed by atoms with E-state index in [2.05, 4.69) is 15.5 Å². The highest BCUT2D eigenvalue weighted by Gasteiger charge is 2.10. The fourth-order valence-corrected chi connectivity index (χ4v) is 2.50. The predicted octanol–water partition coefficient (Wildman–Crippen LogP) is 2.66. The Balaban J connectivity index is 1.54. The SMILES string of the molecule is O=C(Cc1ccccc1)NCc1nc(-c2cccs2)no1. The third-order valence-electron chi connectivity index (χ3n) is 2.85. The Bertz CT molecular complexity index is 708. The first kappa shape index (κ1) is 13.5. The molecule has 1 N–H and O–H groups in total. The van der Waals surface area contributed by atoms with Gasteiger partial charge in [0.15, 0.2) is 0 Å². The zero-order valence-corrected chi connectivity index (χ0v) is 12.0. The third-order valence-corrected chi connectivity index (χ3v) is 3.72. The number of hydrogen-bond acceptors (Lipinski definition) is 5. The lowest BCUT2D eigenvalue weighted by Gasteiger charge is -2.02. The number of thiophene rings is 1. The van der Waals surface area contributed by atoms with Crippen molar-refractivity contribution < 1.29 is 9.32 Å². The lowest BCUT2D eigenvalue weighted by Crippen LogP contribution is -2.24. The van der Waals surface area contributed by atoms with Gasteiger partial charge in [-0.05, 0) is 17.0 Å². The van der Waals surface area contributed by atoms with Crippen LogP contribution in [-0.2, 0) is 17.8 Å². The van der Waals surface area contributed by atoms with Crippen molar-refractivity contribution in [2.45, 2.75) is 13.0 Å². The third kappa shape index (κ3) is 3.55. The number of benzene rings is 1. The number of nitrogens with zero attached hydrogens (tertiary/aromatic N) is 2. The summed E-state index contributed by atoms with van der Waals surface area (Å²) in [5.74, 6) is 0.884. The molecule has 0 aliphatic heterocycles. The van der Waals surface area contributed by atoms with Gasteiger partial charge in [-0.25, -0.2) is 0 Å². The van der Waals surface area contributed by atoms with Gasteiger partial charge in [0, 0.05) is 0 Å². The van der Waals surface area contributed by atoms with Crippen molar-refractivity contribution in [1.29, 1.82) is 0 Å². The highest BCUT2D eigenvalue weighted by Crippen LogP contribution is 2.21. The van der Waals surface area contributed by atoms with E-state index in [4.69, 9.17) is 4.52 Å².